The number of aromatic nitrogens is 1. The molecule has 5 rings (SSSR count). The van der Waals surface area contributed by atoms with E-state index >= 15 is 0 Å². The molecule has 0 spiro atoms. The van der Waals surface area contributed by atoms with Crippen molar-refractivity contribution < 1.29 is 9.59 Å². The molecule has 2 aromatic carbocycles. The number of fused-ring (bicyclic) bond motifs is 2. The molecule has 1 aliphatic carbocycles. The minimum atomic E-state index is 0.0633. The smallest absolute Gasteiger partial charge is 0.254 e. The van der Waals surface area contributed by atoms with Crippen LogP contribution in [-0.4, -0.2) is 52.8 Å². The molecule has 5 nitrogen and oxygen atoms in total. The number of nitrogens with zero attached hydrogens (tertiary/aromatic N) is 3. The molecular weight excluding hydrogens is 422 g/mol. The number of carbonyl (C=O) groups excluding carboxylic acids is 2. The zero-order valence-corrected chi connectivity index (χ0v) is 20.0. The Morgan fingerprint density at radius 2 is 1.62 bits per heavy atom. The van der Waals surface area contributed by atoms with E-state index in [1.807, 2.05) is 52.3 Å². The summed E-state index contributed by atoms with van der Waals surface area (Å²) in [6.07, 6.45) is 4.80. The standard InChI is InChI=1S/C29H31N3O2/c1-20-17-23(19-22-9-4-3-5-10-22)28-25(18-20)27(24-11-6-7-12-26(24)30-28)29(34)32-14-8-13-31(15-16-32)21(2)33/h3-7,9-12,19-20H,8,13-18H2,1-2H3/b23-19+. The van der Waals surface area contributed by atoms with Crippen LogP contribution in [0.25, 0.3) is 22.6 Å². The van der Waals surface area contributed by atoms with Gasteiger partial charge in [-0.1, -0.05) is 55.5 Å². The molecule has 1 aliphatic heterocycles. The van der Waals surface area contributed by atoms with Gasteiger partial charge >= 0.3 is 0 Å². The maximum atomic E-state index is 14.1. The first kappa shape index (κ1) is 22.3. The molecule has 2 heterocycles. The number of hydrogen-bond acceptors (Lipinski definition) is 3. The van der Waals surface area contributed by atoms with Gasteiger partial charge in [-0.2, -0.15) is 0 Å². The summed E-state index contributed by atoms with van der Waals surface area (Å²) in [5, 5.41) is 0.923. The molecule has 5 heteroatoms. The van der Waals surface area contributed by atoms with Gasteiger partial charge in [0.25, 0.3) is 5.91 Å². The summed E-state index contributed by atoms with van der Waals surface area (Å²) < 4.78 is 0. The van der Waals surface area contributed by atoms with Gasteiger partial charge in [0, 0.05) is 38.5 Å². The molecule has 1 unspecified atom stereocenters. The number of hydrogen-bond donors (Lipinski definition) is 0. The lowest BCUT2D eigenvalue weighted by atomic mass is 9.80. The molecule has 2 aliphatic rings. The minimum Gasteiger partial charge on any atom is -0.341 e. The summed E-state index contributed by atoms with van der Waals surface area (Å²) in [6.45, 7) is 6.37. The second-order valence-electron chi connectivity index (χ2n) is 9.58. The fourth-order valence-electron chi connectivity index (χ4n) is 5.32. The fraction of sp³-hybridized carbons (Fsp3) is 0.345. The van der Waals surface area contributed by atoms with Gasteiger partial charge in [0.15, 0.2) is 0 Å². The van der Waals surface area contributed by atoms with Gasteiger partial charge in [-0.25, -0.2) is 4.98 Å². The van der Waals surface area contributed by atoms with Crippen molar-refractivity contribution in [1.82, 2.24) is 14.8 Å². The predicted octanol–water partition coefficient (Wildman–Crippen LogP) is 5.05. The Morgan fingerprint density at radius 1 is 0.912 bits per heavy atom. The maximum Gasteiger partial charge on any atom is 0.254 e. The fourth-order valence-corrected chi connectivity index (χ4v) is 5.32. The monoisotopic (exact) mass is 453 g/mol. The van der Waals surface area contributed by atoms with Gasteiger partial charge in [-0.15, -0.1) is 0 Å². The van der Waals surface area contributed by atoms with Crippen molar-refractivity contribution in [1.29, 1.82) is 0 Å². The second kappa shape index (κ2) is 9.41. The van der Waals surface area contributed by atoms with Crippen molar-refractivity contribution in [3.63, 3.8) is 0 Å². The summed E-state index contributed by atoms with van der Waals surface area (Å²) >= 11 is 0. The van der Waals surface area contributed by atoms with Crippen molar-refractivity contribution in [3.8, 4) is 0 Å². The number of amides is 2. The lowest BCUT2D eigenvalue weighted by Gasteiger charge is -2.29. The molecule has 1 aromatic heterocycles. The Morgan fingerprint density at radius 3 is 2.41 bits per heavy atom. The Bertz CT molecular complexity index is 1270. The van der Waals surface area contributed by atoms with E-state index in [4.69, 9.17) is 4.98 Å². The van der Waals surface area contributed by atoms with Crippen LogP contribution in [0.15, 0.2) is 54.6 Å². The molecule has 1 saturated heterocycles. The minimum absolute atomic E-state index is 0.0633. The van der Waals surface area contributed by atoms with Crippen LogP contribution in [-0.2, 0) is 11.2 Å². The quantitative estimate of drug-likeness (QED) is 0.546. The maximum absolute atomic E-state index is 14.1. The van der Waals surface area contributed by atoms with Crippen molar-refractivity contribution in [2.24, 2.45) is 5.92 Å². The number of allylic oxidation sites excluding steroid dienone is 1. The zero-order valence-electron chi connectivity index (χ0n) is 20.0. The molecule has 1 atom stereocenters. The SMILES string of the molecule is CC(=O)N1CCCN(C(=O)c2c3c(nc4ccccc24)/C(=C/c2ccccc2)CC(C)C3)CC1. The van der Waals surface area contributed by atoms with E-state index in [9.17, 15) is 9.59 Å². The molecule has 34 heavy (non-hydrogen) atoms. The molecule has 0 saturated carbocycles. The highest BCUT2D eigenvalue weighted by molar-refractivity contribution is 6.09. The van der Waals surface area contributed by atoms with Gasteiger partial charge in [0.1, 0.15) is 0 Å². The number of para-hydroxylation sites is 1. The van der Waals surface area contributed by atoms with Crippen LogP contribution in [0.4, 0.5) is 0 Å². The summed E-state index contributed by atoms with van der Waals surface area (Å²) in [5.74, 6) is 0.563. The first-order chi connectivity index (χ1) is 16.5. The third-order valence-corrected chi connectivity index (χ3v) is 7.00. The van der Waals surface area contributed by atoms with Gasteiger partial charge in [0.05, 0.1) is 16.8 Å². The Balaban J connectivity index is 1.62. The first-order valence-corrected chi connectivity index (χ1v) is 12.2. The summed E-state index contributed by atoms with van der Waals surface area (Å²) in [7, 11) is 0. The number of carbonyl (C=O) groups is 2. The molecule has 1 fully saturated rings. The van der Waals surface area contributed by atoms with E-state index in [0.717, 1.165) is 52.5 Å². The van der Waals surface area contributed by atoms with Crippen molar-refractivity contribution in [2.75, 3.05) is 26.2 Å². The van der Waals surface area contributed by atoms with Crippen molar-refractivity contribution in [2.45, 2.75) is 33.1 Å². The van der Waals surface area contributed by atoms with E-state index in [1.165, 1.54) is 5.57 Å². The van der Waals surface area contributed by atoms with Crippen molar-refractivity contribution >= 4 is 34.4 Å². The number of rotatable bonds is 2. The van der Waals surface area contributed by atoms with Gasteiger partial charge in [0.2, 0.25) is 5.91 Å². The number of pyridine rings is 1. The molecule has 3 aromatic rings. The average Bonchev–Trinajstić information content (AvgIpc) is 3.10. The van der Waals surface area contributed by atoms with Crippen molar-refractivity contribution in [3.05, 3.63) is 77.0 Å². The van der Waals surface area contributed by atoms with Crippen LogP contribution in [0.2, 0.25) is 0 Å². The van der Waals surface area contributed by atoms with Crippen LogP contribution in [0.1, 0.15) is 53.9 Å². The van der Waals surface area contributed by atoms with E-state index in [-0.39, 0.29) is 11.8 Å². The van der Waals surface area contributed by atoms with E-state index in [1.54, 1.807) is 6.92 Å². The lowest BCUT2D eigenvalue weighted by Crippen LogP contribution is -2.37. The van der Waals surface area contributed by atoms with Crippen LogP contribution >= 0.6 is 0 Å². The number of benzene rings is 2. The molecule has 2 amide bonds. The van der Waals surface area contributed by atoms with E-state index in [0.29, 0.717) is 32.1 Å². The van der Waals surface area contributed by atoms with E-state index < -0.39 is 0 Å². The largest absolute Gasteiger partial charge is 0.341 e. The normalized spacial score (nSPS) is 19.7. The third kappa shape index (κ3) is 4.35. The highest BCUT2D eigenvalue weighted by atomic mass is 16.2. The summed E-state index contributed by atoms with van der Waals surface area (Å²) in [5.41, 5.74) is 6.03. The predicted molar refractivity (Wildman–Crippen MR) is 136 cm³/mol. The zero-order chi connectivity index (χ0) is 23.7. The molecule has 0 bridgehead atoms. The van der Waals surface area contributed by atoms with Crippen LogP contribution in [0, 0.1) is 5.92 Å². The first-order valence-electron chi connectivity index (χ1n) is 12.2. The van der Waals surface area contributed by atoms with Gasteiger partial charge in [-0.05, 0) is 54.0 Å². The van der Waals surface area contributed by atoms with Crippen LogP contribution < -0.4 is 0 Å². The topological polar surface area (TPSA) is 53.5 Å². The summed E-state index contributed by atoms with van der Waals surface area (Å²) in [4.78, 5) is 34.8. The third-order valence-electron chi connectivity index (χ3n) is 7.00. The van der Waals surface area contributed by atoms with Gasteiger partial charge in [-0.3, -0.25) is 9.59 Å². The Hall–Kier alpha value is -3.47. The Kier molecular flexibility index (Phi) is 6.18. The Labute approximate surface area is 201 Å². The highest BCUT2D eigenvalue weighted by Gasteiger charge is 2.31. The molecular formula is C29H31N3O2. The molecule has 174 valence electrons. The summed E-state index contributed by atoms with van der Waals surface area (Å²) in [6, 6.07) is 18.3. The van der Waals surface area contributed by atoms with E-state index in [2.05, 4.69) is 25.1 Å². The van der Waals surface area contributed by atoms with Crippen LogP contribution in [0.3, 0.4) is 0 Å². The second-order valence-corrected chi connectivity index (χ2v) is 9.58. The highest BCUT2D eigenvalue weighted by Crippen LogP contribution is 2.39. The molecule has 0 radical (unpaired) electrons. The average molecular weight is 454 g/mol. The molecule has 0 N–H and O–H groups in total. The lowest BCUT2D eigenvalue weighted by molar-refractivity contribution is -0.128. The van der Waals surface area contributed by atoms with Gasteiger partial charge < -0.3 is 9.80 Å². The van der Waals surface area contributed by atoms with Crippen LogP contribution in [0.5, 0.6) is 0 Å².